The maximum Gasteiger partial charge on any atom is 0.234 e. The van der Waals surface area contributed by atoms with Gasteiger partial charge in [-0.1, -0.05) is 44.5 Å². The van der Waals surface area contributed by atoms with Gasteiger partial charge in [-0.25, -0.2) is 0 Å². The zero-order valence-electron chi connectivity index (χ0n) is 11.4. The highest BCUT2D eigenvalue weighted by Gasteiger charge is 2.42. The van der Waals surface area contributed by atoms with Gasteiger partial charge in [-0.2, -0.15) is 0 Å². The van der Waals surface area contributed by atoms with E-state index in [1.165, 1.54) is 0 Å². The van der Waals surface area contributed by atoms with Gasteiger partial charge >= 0.3 is 0 Å². The summed E-state index contributed by atoms with van der Waals surface area (Å²) in [4.78, 5) is 23.8. The number of imide groups is 1. The van der Waals surface area contributed by atoms with Gasteiger partial charge in [0.15, 0.2) is 0 Å². The third kappa shape index (κ3) is 2.98. The fraction of sp³-hybridized carbons (Fsp3) is 0.467. The van der Waals surface area contributed by atoms with Gasteiger partial charge in [0.25, 0.3) is 0 Å². The van der Waals surface area contributed by atoms with Crippen LogP contribution < -0.4 is 5.32 Å². The van der Waals surface area contributed by atoms with Crippen LogP contribution in [-0.2, 0) is 9.59 Å². The first-order valence-electron chi connectivity index (χ1n) is 6.38. The molecule has 2 unspecified atom stereocenters. The molecule has 1 saturated heterocycles. The molecule has 0 aromatic heterocycles. The zero-order chi connectivity index (χ0) is 14.2. The fourth-order valence-electron chi connectivity index (χ4n) is 2.63. The highest BCUT2D eigenvalue weighted by Crippen LogP contribution is 2.42. The van der Waals surface area contributed by atoms with Crippen LogP contribution in [0, 0.1) is 11.3 Å². The van der Waals surface area contributed by atoms with Gasteiger partial charge in [0, 0.05) is 11.4 Å². The minimum Gasteiger partial charge on any atom is -0.296 e. The summed E-state index contributed by atoms with van der Waals surface area (Å²) in [6, 6.07) is 7.28. The van der Waals surface area contributed by atoms with Crippen LogP contribution >= 0.6 is 11.6 Å². The van der Waals surface area contributed by atoms with Crippen molar-refractivity contribution in [3.63, 3.8) is 0 Å². The van der Waals surface area contributed by atoms with Gasteiger partial charge in [-0.3, -0.25) is 14.9 Å². The van der Waals surface area contributed by atoms with Crippen molar-refractivity contribution < 1.29 is 9.59 Å². The zero-order valence-corrected chi connectivity index (χ0v) is 12.1. The molecule has 0 radical (unpaired) electrons. The number of halogens is 1. The molecule has 2 rings (SSSR count). The number of carbonyl (C=O) groups is 2. The second kappa shape index (κ2) is 4.97. The van der Waals surface area contributed by atoms with Crippen LogP contribution in [-0.4, -0.2) is 11.8 Å². The summed E-state index contributed by atoms with van der Waals surface area (Å²) >= 11 is 5.88. The Morgan fingerprint density at radius 3 is 2.26 bits per heavy atom. The van der Waals surface area contributed by atoms with Gasteiger partial charge in [-0.05, 0) is 29.0 Å². The molecule has 1 aliphatic heterocycles. The summed E-state index contributed by atoms with van der Waals surface area (Å²) in [7, 11) is 0. The summed E-state index contributed by atoms with van der Waals surface area (Å²) in [6.45, 7) is 6.19. The second-order valence-electron chi connectivity index (χ2n) is 6.12. The Labute approximate surface area is 118 Å². The average molecular weight is 280 g/mol. The number of nitrogens with one attached hydrogen (secondary N) is 1. The van der Waals surface area contributed by atoms with E-state index in [4.69, 9.17) is 11.6 Å². The molecule has 0 aliphatic carbocycles. The first-order valence-corrected chi connectivity index (χ1v) is 6.76. The van der Waals surface area contributed by atoms with Crippen LogP contribution in [0.2, 0.25) is 5.02 Å². The van der Waals surface area contributed by atoms with E-state index in [1.807, 2.05) is 12.1 Å². The van der Waals surface area contributed by atoms with Crippen molar-refractivity contribution in [2.45, 2.75) is 33.1 Å². The third-order valence-electron chi connectivity index (χ3n) is 3.69. The molecule has 2 amide bonds. The van der Waals surface area contributed by atoms with E-state index < -0.39 is 0 Å². The Hall–Kier alpha value is -1.35. The molecule has 0 bridgehead atoms. The Morgan fingerprint density at radius 2 is 1.74 bits per heavy atom. The third-order valence-corrected chi connectivity index (χ3v) is 3.95. The molecular weight excluding hydrogens is 262 g/mol. The molecule has 0 saturated carbocycles. The van der Waals surface area contributed by atoms with Crippen molar-refractivity contribution in [2.75, 3.05) is 0 Å². The van der Waals surface area contributed by atoms with E-state index in [9.17, 15) is 9.59 Å². The Bertz CT molecular complexity index is 502. The molecule has 1 aromatic rings. The van der Waals surface area contributed by atoms with Crippen LogP contribution in [0.25, 0.3) is 0 Å². The molecule has 19 heavy (non-hydrogen) atoms. The Morgan fingerprint density at radius 1 is 1.16 bits per heavy atom. The normalized spacial score (nSPS) is 24.2. The summed E-state index contributed by atoms with van der Waals surface area (Å²) < 4.78 is 0. The standard InChI is InChI=1S/C15H18ClNO2/c1-15(2,3)11-8-12(18)17-14(19)13(11)9-4-6-10(16)7-5-9/h4-7,11,13H,8H2,1-3H3,(H,17,18,19). The van der Waals surface area contributed by atoms with E-state index in [-0.39, 0.29) is 29.1 Å². The fourth-order valence-corrected chi connectivity index (χ4v) is 2.75. The summed E-state index contributed by atoms with van der Waals surface area (Å²) in [5.74, 6) is -0.696. The number of hydrogen-bond acceptors (Lipinski definition) is 2. The first kappa shape index (κ1) is 14.1. The number of piperidine rings is 1. The largest absolute Gasteiger partial charge is 0.296 e. The molecule has 1 N–H and O–H groups in total. The minimum atomic E-state index is -0.296. The first-order chi connectivity index (χ1) is 8.79. The second-order valence-corrected chi connectivity index (χ2v) is 6.55. The molecule has 3 nitrogen and oxygen atoms in total. The predicted molar refractivity (Wildman–Crippen MR) is 74.9 cm³/mol. The topological polar surface area (TPSA) is 46.2 Å². The molecule has 102 valence electrons. The highest BCUT2D eigenvalue weighted by atomic mass is 35.5. The van der Waals surface area contributed by atoms with Crippen molar-refractivity contribution >= 4 is 23.4 Å². The highest BCUT2D eigenvalue weighted by molar-refractivity contribution is 6.30. The number of amides is 2. The van der Waals surface area contributed by atoms with Crippen molar-refractivity contribution in [3.8, 4) is 0 Å². The van der Waals surface area contributed by atoms with Crippen molar-refractivity contribution in [1.82, 2.24) is 5.32 Å². The number of hydrogen-bond donors (Lipinski definition) is 1. The monoisotopic (exact) mass is 279 g/mol. The lowest BCUT2D eigenvalue weighted by Gasteiger charge is -2.39. The summed E-state index contributed by atoms with van der Waals surface area (Å²) in [5.41, 5.74) is 0.798. The Kier molecular flexibility index (Phi) is 3.68. The quantitative estimate of drug-likeness (QED) is 0.803. The van der Waals surface area contributed by atoms with Gasteiger partial charge in [0.05, 0.1) is 5.92 Å². The van der Waals surface area contributed by atoms with Gasteiger partial charge in [0.1, 0.15) is 0 Å². The van der Waals surface area contributed by atoms with Gasteiger partial charge < -0.3 is 0 Å². The van der Waals surface area contributed by atoms with Crippen LogP contribution in [0.5, 0.6) is 0 Å². The molecule has 1 aromatic carbocycles. The van der Waals surface area contributed by atoms with E-state index in [0.717, 1.165) is 5.56 Å². The molecule has 4 heteroatoms. The van der Waals surface area contributed by atoms with Crippen molar-refractivity contribution in [3.05, 3.63) is 34.9 Å². The molecule has 1 heterocycles. The number of carbonyl (C=O) groups excluding carboxylic acids is 2. The van der Waals surface area contributed by atoms with E-state index in [0.29, 0.717) is 11.4 Å². The Balaban J connectivity index is 2.41. The van der Waals surface area contributed by atoms with Gasteiger partial charge in [0.2, 0.25) is 11.8 Å². The molecule has 0 spiro atoms. The molecular formula is C15H18ClNO2. The van der Waals surface area contributed by atoms with Crippen LogP contribution in [0.15, 0.2) is 24.3 Å². The van der Waals surface area contributed by atoms with Crippen LogP contribution in [0.3, 0.4) is 0 Å². The summed E-state index contributed by atoms with van der Waals surface area (Å²) in [5, 5.41) is 3.08. The van der Waals surface area contributed by atoms with Crippen molar-refractivity contribution in [1.29, 1.82) is 0 Å². The van der Waals surface area contributed by atoms with E-state index >= 15 is 0 Å². The lowest BCUT2D eigenvalue weighted by atomic mass is 9.67. The minimum absolute atomic E-state index is 0.00470. The predicted octanol–water partition coefficient (Wildman–Crippen LogP) is 3.13. The van der Waals surface area contributed by atoms with Crippen LogP contribution in [0.1, 0.15) is 38.7 Å². The van der Waals surface area contributed by atoms with Gasteiger partial charge in [-0.15, -0.1) is 0 Å². The van der Waals surface area contributed by atoms with Crippen LogP contribution in [0.4, 0.5) is 0 Å². The molecule has 1 aliphatic rings. The molecule has 2 atom stereocenters. The summed E-state index contributed by atoms with van der Waals surface area (Å²) in [6.07, 6.45) is 0.378. The smallest absolute Gasteiger partial charge is 0.234 e. The van der Waals surface area contributed by atoms with E-state index in [1.54, 1.807) is 12.1 Å². The number of rotatable bonds is 1. The maximum atomic E-state index is 12.2. The molecule has 1 fully saturated rings. The average Bonchev–Trinajstić information content (AvgIpc) is 2.28. The SMILES string of the molecule is CC(C)(C)C1CC(=O)NC(=O)C1c1ccc(Cl)cc1. The lowest BCUT2D eigenvalue weighted by molar-refractivity contribution is -0.138. The number of benzene rings is 1. The maximum absolute atomic E-state index is 12.2. The van der Waals surface area contributed by atoms with Crippen molar-refractivity contribution in [2.24, 2.45) is 11.3 Å². The lowest BCUT2D eigenvalue weighted by Crippen LogP contribution is -2.48. The van der Waals surface area contributed by atoms with E-state index in [2.05, 4.69) is 26.1 Å².